The van der Waals surface area contributed by atoms with Gasteiger partial charge in [-0.05, 0) is 25.7 Å². The predicted molar refractivity (Wildman–Crippen MR) is 62.0 cm³/mol. The van der Waals surface area contributed by atoms with E-state index in [9.17, 15) is 4.79 Å². The van der Waals surface area contributed by atoms with E-state index in [1.165, 1.54) is 12.8 Å². The second kappa shape index (κ2) is 5.64. The van der Waals surface area contributed by atoms with Crippen LogP contribution in [0.5, 0.6) is 0 Å². The van der Waals surface area contributed by atoms with Crippen LogP contribution in [0.1, 0.15) is 38.5 Å². The lowest BCUT2D eigenvalue weighted by Gasteiger charge is -2.23. The Morgan fingerprint density at radius 2 is 1.88 bits per heavy atom. The molecule has 0 spiro atoms. The summed E-state index contributed by atoms with van der Waals surface area (Å²) in [7, 11) is 0. The fourth-order valence-corrected chi connectivity index (χ4v) is 2.56. The van der Waals surface area contributed by atoms with Crippen LogP contribution in [0.15, 0.2) is 0 Å². The van der Waals surface area contributed by atoms with Crippen LogP contribution in [0, 0.1) is 0 Å². The molecule has 2 rings (SSSR count). The number of carbonyl (C=O) groups is 1. The van der Waals surface area contributed by atoms with Crippen LogP contribution in [-0.2, 0) is 9.53 Å². The molecule has 4 nitrogen and oxygen atoms in total. The topological polar surface area (TPSA) is 55.6 Å². The Morgan fingerprint density at radius 1 is 1.19 bits per heavy atom. The quantitative estimate of drug-likeness (QED) is 0.761. The smallest absolute Gasteiger partial charge is 0.251 e. The number of rotatable bonds is 2. The Labute approximate surface area is 97.1 Å². The van der Waals surface area contributed by atoms with Gasteiger partial charge in [0.2, 0.25) is 0 Å². The largest absolute Gasteiger partial charge is 0.364 e. The Kier molecular flexibility index (Phi) is 4.18. The monoisotopic (exact) mass is 226 g/mol. The van der Waals surface area contributed by atoms with Crippen molar-refractivity contribution in [1.82, 2.24) is 4.90 Å². The van der Waals surface area contributed by atoms with Crippen molar-refractivity contribution in [3.05, 3.63) is 0 Å². The standard InChI is InChI=1S/C12H22N2O2/c13-9-10-5-6-11(16-10)12(15)14-7-3-1-2-4-8-14/h10-11H,1-9,13H2/t10-,11+/m1/s1. The molecule has 0 aliphatic carbocycles. The third kappa shape index (κ3) is 2.74. The van der Waals surface area contributed by atoms with Crippen LogP contribution >= 0.6 is 0 Å². The fraction of sp³-hybridized carbons (Fsp3) is 0.917. The van der Waals surface area contributed by atoms with Gasteiger partial charge in [-0.1, -0.05) is 12.8 Å². The van der Waals surface area contributed by atoms with Crippen molar-refractivity contribution in [2.24, 2.45) is 5.73 Å². The SMILES string of the molecule is NC[C@H]1CC[C@@H](C(=O)N2CCCCCC2)O1. The van der Waals surface area contributed by atoms with Crippen molar-refractivity contribution in [2.45, 2.75) is 50.7 Å². The van der Waals surface area contributed by atoms with Crippen molar-refractivity contribution in [3.63, 3.8) is 0 Å². The molecule has 0 unspecified atom stereocenters. The van der Waals surface area contributed by atoms with Gasteiger partial charge in [-0.2, -0.15) is 0 Å². The number of carbonyl (C=O) groups excluding carboxylic acids is 1. The number of hydrogen-bond donors (Lipinski definition) is 1. The summed E-state index contributed by atoms with van der Waals surface area (Å²) in [5.41, 5.74) is 5.55. The maximum atomic E-state index is 12.2. The summed E-state index contributed by atoms with van der Waals surface area (Å²) in [5.74, 6) is 0.192. The Hall–Kier alpha value is -0.610. The first-order chi connectivity index (χ1) is 7.81. The molecule has 0 bridgehead atoms. The van der Waals surface area contributed by atoms with Gasteiger partial charge in [0.05, 0.1) is 6.10 Å². The molecule has 0 aromatic carbocycles. The number of likely N-dealkylation sites (tertiary alicyclic amines) is 1. The number of hydrogen-bond acceptors (Lipinski definition) is 3. The molecule has 0 radical (unpaired) electrons. The van der Waals surface area contributed by atoms with Gasteiger partial charge in [0.25, 0.3) is 5.91 Å². The fourth-order valence-electron chi connectivity index (χ4n) is 2.56. The van der Waals surface area contributed by atoms with E-state index in [-0.39, 0.29) is 18.1 Å². The highest BCUT2D eigenvalue weighted by molar-refractivity contribution is 5.81. The first-order valence-electron chi connectivity index (χ1n) is 6.45. The highest BCUT2D eigenvalue weighted by Crippen LogP contribution is 2.22. The first kappa shape index (κ1) is 11.9. The zero-order chi connectivity index (χ0) is 11.4. The number of nitrogens with two attached hydrogens (primary N) is 1. The number of ether oxygens (including phenoxy) is 1. The van der Waals surface area contributed by atoms with E-state index >= 15 is 0 Å². The molecule has 0 aromatic heterocycles. The lowest BCUT2D eigenvalue weighted by Crippen LogP contribution is -2.40. The molecule has 92 valence electrons. The predicted octanol–water partition coefficient (Wildman–Crippen LogP) is 0.895. The Morgan fingerprint density at radius 3 is 2.44 bits per heavy atom. The van der Waals surface area contributed by atoms with Crippen LogP contribution in [-0.4, -0.2) is 42.6 Å². The minimum absolute atomic E-state index is 0.0981. The lowest BCUT2D eigenvalue weighted by atomic mass is 10.2. The molecule has 16 heavy (non-hydrogen) atoms. The van der Waals surface area contributed by atoms with Crippen LogP contribution in [0.3, 0.4) is 0 Å². The summed E-state index contributed by atoms with van der Waals surface area (Å²) in [5, 5.41) is 0. The molecule has 0 saturated carbocycles. The van der Waals surface area contributed by atoms with Crippen LogP contribution in [0.25, 0.3) is 0 Å². The van der Waals surface area contributed by atoms with Crippen molar-refractivity contribution < 1.29 is 9.53 Å². The van der Waals surface area contributed by atoms with Gasteiger partial charge in [0.15, 0.2) is 0 Å². The summed E-state index contributed by atoms with van der Waals surface area (Å²) in [4.78, 5) is 14.2. The Balaban J connectivity index is 1.86. The normalized spacial score (nSPS) is 31.4. The van der Waals surface area contributed by atoms with Gasteiger partial charge < -0.3 is 15.4 Å². The van der Waals surface area contributed by atoms with Crippen molar-refractivity contribution >= 4 is 5.91 Å². The molecule has 2 aliphatic rings. The maximum absolute atomic E-state index is 12.2. The minimum atomic E-state index is -0.216. The molecule has 2 N–H and O–H groups in total. The van der Waals surface area contributed by atoms with Gasteiger partial charge in [-0.3, -0.25) is 4.79 Å². The van der Waals surface area contributed by atoms with E-state index in [0.717, 1.165) is 38.8 Å². The van der Waals surface area contributed by atoms with E-state index < -0.39 is 0 Å². The van der Waals surface area contributed by atoms with Crippen molar-refractivity contribution in [2.75, 3.05) is 19.6 Å². The van der Waals surface area contributed by atoms with Crippen LogP contribution < -0.4 is 5.73 Å². The summed E-state index contributed by atoms with van der Waals surface area (Å²) in [6, 6.07) is 0. The first-order valence-corrected chi connectivity index (χ1v) is 6.45. The molecule has 0 aromatic rings. The van der Waals surface area contributed by atoms with E-state index in [0.29, 0.717) is 6.54 Å². The van der Waals surface area contributed by atoms with Crippen LogP contribution in [0.2, 0.25) is 0 Å². The number of nitrogens with zero attached hydrogens (tertiary/aromatic N) is 1. The molecule has 2 heterocycles. The van der Waals surface area contributed by atoms with Gasteiger partial charge in [0.1, 0.15) is 6.10 Å². The second-order valence-corrected chi connectivity index (χ2v) is 4.80. The molecule has 1 amide bonds. The third-order valence-electron chi connectivity index (χ3n) is 3.56. The molecular formula is C12H22N2O2. The molecule has 4 heteroatoms. The van der Waals surface area contributed by atoms with Crippen molar-refractivity contribution in [1.29, 1.82) is 0 Å². The zero-order valence-electron chi connectivity index (χ0n) is 9.86. The van der Waals surface area contributed by atoms with Gasteiger partial charge >= 0.3 is 0 Å². The van der Waals surface area contributed by atoms with Crippen LogP contribution in [0.4, 0.5) is 0 Å². The van der Waals surface area contributed by atoms with Gasteiger partial charge in [-0.25, -0.2) is 0 Å². The van der Waals surface area contributed by atoms with E-state index in [1.807, 2.05) is 4.90 Å². The maximum Gasteiger partial charge on any atom is 0.251 e. The van der Waals surface area contributed by atoms with E-state index in [2.05, 4.69) is 0 Å². The van der Waals surface area contributed by atoms with Gasteiger partial charge in [-0.15, -0.1) is 0 Å². The summed E-state index contributed by atoms with van der Waals surface area (Å²) in [6.07, 6.45) is 6.43. The number of amides is 1. The van der Waals surface area contributed by atoms with Crippen molar-refractivity contribution in [3.8, 4) is 0 Å². The average molecular weight is 226 g/mol. The highest BCUT2D eigenvalue weighted by atomic mass is 16.5. The van der Waals surface area contributed by atoms with E-state index in [1.54, 1.807) is 0 Å². The van der Waals surface area contributed by atoms with Gasteiger partial charge in [0, 0.05) is 19.6 Å². The molecular weight excluding hydrogens is 204 g/mol. The zero-order valence-corrected chi connectivity index (χ0v) is 9.86. The second-order valence-electron chi connectivity index (χ2n) is 4.80. The average Bonchev–Trinajstić information content (AvgIpc) is 2.62. The highest BCUT2D eigenvalue weighted by Gasteiger charge is 2.32. The molecule has 2 fully saturated rings. The van der Waals surface area contributed by atoms with E-state index in [4.69, 9.17) is 10.5 Å². The lowest BCUT2D eigenvalue weighted by molar-refractivity contribution is -0.142. The minimum Gasteiger partial charge on any atom is -0.364 e. The molecule has 2 aliphatic heterocycles. The summed E-state index contributed by atoms with van der Waals surface area (Å²) >= 11 is 0. The summed E-state index contributed by atoms with van der Waals surface area (Å²) in [6.45, 7) is 2.35. The third-order valence-corrected chi connectivity index (χ3v) is 3.56. The molecule has 2 saturated heterocycles. The summed E-state index contributed by atoms with van der Waals surface area (Å²) < 4.78 is 5.65. The molecule has 2 atom stereocenters. The Bertz CT molecular complexity index is 237.